The molecule has 6 nitrogen and oxygen atoms in total. The van der Waals surface area contributed by atoms with Gasteiger partial charge < -0.3 is 25.0 Å². The highest BCUT2D eigenvalue weighted by Crippen LogP contribution is 2.35. The lowest BCUT2D eigenvalue weighted by molar-refractivity contribution is -0.138. The van der Waals surface area contributed by atoms with E-state index >= 15 is 0 Å². The zero-order chi connectivity index (χ0) is 14.5. The van der Waals surface area contributed by atoms with Crippen LogP contribution in [0.2, 0.25) is 0 Å². The standard InChI is InChI=1S/C14H17NO5/c1-2-5-15-10(7-13(16)17)14(18)9-3-4-11-12(6-9)20-8-19-11/h2-4,6,10,14-15,18H,1,5,7-8H2,(H,16,17). The Hall–Kier alpha value is -2.05. The van der Waals surface area contributed by atoms with Gasteiger partial charge in [-0.2, -0.15) is 0 Å². The van der Waals surface area contributed by atoms with Crippen molar-refractivity contribution in [2.24, 2.45) is 0 Å². The first-order valence-corrected chi connectivity index (χ1v) is 6.25. The lowest BCUT2D eigenvalue weighted by Crippen LogP contribution is -2.37. The fourth-order valence-corrected chi connectivity index (χ4v) is 2.05. The molecule has 1 heterocycles. The molecule has 6 heteroatoms. The Kier molecular flexibility index (Phi) is 4.60. The quantitative estimate of drug-likeness (QED) is 0.647. The Morgan fingerprint density at radius 1 is 1.45 bits per heavy atom. The summed E-state index contributed by atoms with van der Waals surface area (Å²) in [6.07, 6.45) is 0.463. The maximum atomic E-state index is 10.9. The fraction of sp³-hybridized carbons (Fsp3) is 0.357. The van der Waals surface area contributed by atoms with E-state index in [1.54, 1.807) is 24.3 Å². The van der Waals surface area contributed by atoms with Gasteiger partial charge in [-0.15, -0.1) is 6.58 Å². The summed E-state index contributed by atoms with van der Waals surface area (Å²) in [4.78, 5) is 10.9. The van der Waals surface area contributed by atoms with E-state index in [1.807, 2.05) is 0 Å². The minimum atomic E-state index is -0.980. The minimum absolute atomic E-state index is 0.155. The first-order valence-electron chi connectivity index (χ1n) is 6.25. The molecular formula is C14H17NO5. The van der Waals surface area contributed by atoms with Crippen LogP contribution in [-0.4, -0.2) is 35.6 Å². The molecule has 0 radical (unpaired) electrons. The topological polar surface area (TPSA) is 88.0 Å². The lowest BCUT2D eigenvalue weighted by atomic mass is 9.99. The molecule has 0 aliphatic carbocycles. The van der Waals surface area contributed by atoms with Crippen molar-refractivity contribution < 1.29 is 24.5 Å². The third-order valence-corrected chi connectivity index (χ3v) is 3.04. The number of fused-ring (bicyclic) bond motifs is 1. The van der Waals surface area contributed by atoms with Crippen molar-refractivity contribution in [1.82, 2.24) is 5.32 Å². The number of hydrogen-bond acceptors (Lipinski definition) is 5. The van der Waals surface area contributed by atoms with Gasteiger partial charge in [0.1, 0.15) is 0 Å². The van der Waals surface area contributed by atoms with Gasteiger partial charge in [0.15, 0.2) is 11.5 Å². The predicted molar refractivity (Wildman–Crippen MR) is 71.8 cm³/mol. The third kappa shape index (κ3) is 3.28. The van der Waals surface area contributed by atoms with E-state index in [0.29, 0.717) is 23.6 Å². The maximum absolute atomic E-state index is 10.9. The number of nitrogens with one attached hydrogen (secondary N) is 1. The highest BCUT2D eigenvalue weighted by atomic mass is 16.7. The number of ether oxygens (including phenoxy) is 2. The first-order chi connectivity index (χ1) is 9.61. The average molecular weight is 279 g/mol. The van der Waals surface area contributed by atoms with Crippen molar-refractivity contribution in [2.45, 2.75) is 18.6 Å². The Morgan fingerprint density at radius 3 is 2.90 bits per heavy atom. The van der Waals surface area contributed by atoms with Crippen LogP contribution in [0.15, 0.2) is 30.9 Å². The van der Waals surface area contributed by atoms with Crippen molar-refractivity contribution in [3.05, 3.63) is 36.4 Å². The molecule has 1 aliphatic heterocycles. The summed E-state index contributed by atoms with van der Waals surface area (Å²) in [5.74, 6) is 0.195. The molecule has 1 aliphatic rings. The summed E-state index contributed by atoms with van der Waals surface area (Å²) in [5, 5.41) is 22.2. The van der Waals surface area contributed by atoms with Gasteiger partial charge in [-0.25, -0.2) is 0 Å². The number of rotatable bonds is 7. The van der Waals surface area contributed by atoms with Gasteiger partial charge in [0.2, 0.25) is 6.79 Å². The van der Waals surface area contributed by atoms with Gasteiger partial charge in [-0.05, 0) is 17.7 Å². The van der Waals surface area contributed by atoms with Gasteiger partial charge in [-0.3, -0.25) is 4.79 Å². The summed E-state index contributed by atoms with van der Waals surface area (Å²) in [5.41, 5.74) is 0.581. The number of aliphatic hydroxyl groups is 1. The van der Waals surface area contributed by atoms with Crippen LogP contribution in [0.4, 0.5) is 0 Å². The summed E-state index contributed by atoms with van der Waals surface area (Å²) in [7, 11) is 0. The van der Waals surface area contributed by atoms with E-state index in [0.717, 1.165) is 0 Å². The van der Waals surface area contributed by atoms with E-state index < -0.39 is 18.1 Å². The summed E-state index contributed by atoms with van der Waals surface area (Å²) >= 11 is 0. The average Bonchev–Trinajstić information content (AvgIpc) is 2.89. The Bertz CT molecular complexity index is 502. The number of hydrogen-bond donors (Lipinski definition) is 3. The molecule has 0 saturated heterocycles. The van der Waals surface area contributed by atoms with E-state index in [2.05, 4.69) is 11.9 Å². The monoisotopic (exact) mass is 279 g/mol. The van der Waals surface area contributed by atoms with Gasteiger partial charge >= 0.3 is 5.97 Å². The molecule has 3 N–H and O–H groups in total. The van der Waals surface area contributed by atoms with Gasteiger partial charge in [-0.1, -0.05) is 12.1 Å². The van der Waals surface area contributed by atoms with Crippen LogP contribution in [0.5, 0.6) is 11.5 Å². The molecule has 0 amide bonds. The summed E-state index contributed by atoms with van der Waals surface area (Å²) in [6, 6.07) is 4.46. The SMILES string of the molecule is C=CCNC(CC(=O)O)C(O)c1ccc2c(c1)OCO2. The largest absolute Gasteiger partial charge is 0.481 e. The van der Waals surface area contributed by atoms with Crippen LogP contribution in [0.3, 0.4) is 0 Å². The zero-order valence-corrected chi connectivity index (χ0v) is 10.9. The third-order valence-electron chi connectivity index (χ3n) is 3.04. The number of aliphatic carboxylic acids is 1. The number of carboxylic acid groups (broad SMARTS) is 1. The van der Waals surface area contributed by atoms with Crippen molar-refractivity contribution in [1.29, 1.82) is 0 Å². The van der Waals surface area contributed by atoms with Crippen LogP contribution in [-0.2, 0) is 4.79 Å². The van der Waals surface area contributed by atoms with Crippen molar-refractivity contribution in [3.63, 3.8) is 0 Å². The molecular weight excluding hydrogens is 262 g/mol. The highest BCUT2D eigenvalue weighted by Gasteiger charge is 2.25. The van der Waals surface area contributed by atoms with E-state index in [-0.39, 0.29) is 13.2 Å². The van der Waals surface area contributed by atoms with Crippen LogP contribution >= 0.6 is 0 Å². The summed E-state index contributed by atoms with van der Waals surface area (Å²) < 4.78 is 10.4. The van der Waals surface area contributed by atoms with E-state index in [4.69, 9.17) is 14.6 Å². The number of benzene rings is 1. The molecule has 2 unspecified atom stereocenters. The molecule has 2 rings (SSSR count). The first kappa shape index (κ1) is 14.4. The molecule has 0 aromatic heterocycles. The van der Waals surface area contributed by atoms with E-state index in [1.165, 1.54) is 0 Å². The molecule has 0 saturated carbocycles. The van der Waals surface area contributed by atoms with E-state index in [9.17, 15) is 9.90 Å². The smallest absolute Gasteiger partial charge is 0.305 e. The summed E-state index contributed by atoms with van der Waals surface area (Å²) in [6.45, 7) is 4.13. The molecule has 1 aromatic rings. The molecule has 0 bridgehead atoms. The van der Waals surface area contributed by atoms with Crippen molar-refractivity contribution >= 4 is 5.97 Å². The Morgan fingerprint density at radius 2 is 2.20 bits per heavy atom. The number of carboxylic acids is 1. The normalized spacial score (nSPS) is 15.7. The lowest BCUT2D eigenvalue weighted by Gasteiger charge is -2.22. The minimum Gasteiger partial charge on any atom is -0.481 e. The fourth-order valence-electron chi connectivity index (χ4n) is 2.05. The van der Waals surface area contributed by atoms with Gasteiger partial charge in [0.25, 0.3) is 0 Å². The van der Waals surface area contributed by atoms with Gasteiger partial charge in [0, 0.05) is 12.6 Å². The zero-order valence-electron chi connectivity index (χ0n) is 10.9. The Labute approximate surface area is 116 Å². The maximum Gasteiger partial charge on any atom is 0.305 e. The number of aliphatic hydroxyl groups excluding tert-OH is 1. The second-order valence-electron chi connectivity index (χ2n) is 4.46. The van der Waals surface area contributed by atoms with Crippen LogP contribution in [0, 0.1) is 0 Å². The van der Waals surface area contributed by atoms with Crippen LogP contribution in [0.25, 0.3) is 0 Å². The molecule has 108 valence electrons. The van der Waals surface area contributed by atoms with Crippen LogP contribution < -0.4 is 14.8 Å². The second kappa shape index (κ2) is 6.40. The molecule has 2 atom stereocenters. The molecule has 20 heavy (non-hydrogen) atoms. The molecule has 0 spiro atoms. The van der Waals surface area contributed by atoms with Crippen molar-refractivity contribution in [2.75, 3.05) is 13.3 Å². The van der Waals surface area contributed by atoms with Gasteiger partial charge in [0.05, 0.1) is 12.5 Å². The molecule has 0 fully saturated rings. The number of carbonyl (C=O) groups is 1. The van der Waals surface area contributed by atoms with Crippen LogP contribution in [0.1, 0.15) is 18.1 Å². The highest BCUT2D eigenvalue weighted by molar-refractivity contribution is 5.67. The van der Waals surface area contributed by atoms with Crippen molar-refractivity contribution in [3.8, 4) is 11.5 Å². The second-order valence-corrected chi connectivity index (χ2v) is 4.46. The Balaban J connectivity index is 2.14. The predicted octanol–water partition coefficient (Wildman–Crippen LogP) is 1.07. The molecule has 1 aromatic carbocycles.